The van der Waals surface area contributed by atoms with E-state index in [1.165, 1.54) is 11.1 Å². The molecule has 1 N–H and O–H groups in total. The van der Waals surface area contributed by atoms with Gasteiger partial charge in [0.2, 0.25) is 5.95 Å². The topological polar surface area (TPSA) is 47.0 Å². The number of fused-ring (bicyclic) bond motifs is 1. The molecule has 0 saturated carbocycles. The third-order valence-electron chi connectivity index (χ3n) is 3.04. The summed E-state index contributed by atoms with van der Waals surface area (Å²) in [5, 5.41) is 3.32. The molecular formula is C14H15N3O. The molecule has 0 spiro atoms. The van der Waals surface area contributed by atoms with E-state index in [2.05, 4.69) is 34.3 Å². The molecule has 92 valence electrons. The highest BCUT2D eigenvalue weighted by atomic mass is 16.5. The van der Waals surface area contributed by atoms with Gasteiger partial charge in [-0.25, -0.2) is 9.97 Å². The molecule has 4 heteroatoms. The Bertz CT molecular complexity index is 583. The van der Waals surface area contributed by atoms with Gasteiger partial charge in [0.25, 0.3) is 0 Å². The Morgan fingerprint density at radius 1 is 1.28 bits per heavy atom. The van der Waals surface area contributed by atoms with Gasteiger partial charge in [0.05, 0.1) is 6.04 Å². The fourth-order valence-electron chi connectivity index (χ4n) is 2.13. The molecule has 0 radical (unpaired) electrons. The Hall–Kier alpha value is -2.10. The summed E-state index contributed by atoms with van der Waals surface area (Å²) in [6, 6.07) is 8.24. The van der Waals surface area contributed by atoms with Crippen molar-refractivity contribution in [2.45, 2.75) is 19.9 Å². The van der Waals surface area contributed by atoms with Gasteiger partial charge in [0.15, 0.2) is 0 Å². The van der Waals surface area contributed by atoms with Gasteiger partial charge in [-0.15, -0.1) is 0 Å². The maximum absolute atomic E-state index is 5.65. The number of anilines is 1. The van der Waals surface area contributed by atoms with Gasteiger partial charge in [-0.05, 0) is 26.0 Å². The Balaban J connectivity index is 1.86. The van der Waals surface area contributed by atoms with E-state index < -0.39 is 0 Å². The molecule has 1 unspecified atom stereocenters. The van der Waals surface area contributed by atoms with Crippen LogP contribution in [0.4, 0.5) is 5.95 Å². The van der Waals surface area contributed by atoms with Crippen LogP contribution in [0, 0.1) is 13.8 Å². The zero-order chi connectivity index (χ0) is 12.5. The summed E-state index contributed by atoms with van der Waals surface area (Å²) in [5.74, 6) is 1.60. The molecule has 1 aromatic carbocycles. The highest BCUT2D eigenvalue weighted by molar-refractivity contribution is 5.45. The number of nitrogens with one attached hydrogen (secondary N) is 1. The van der Waals surface area contributed by atoms with E-state index in [1.807, 2.05) is 19.1 Å². The average Bonchev–Trinajstić information content (AvgIpc) is 2.72. The maximum Gasteiger partial charge on any atom is 0.223 e. The summed E-state index contributed by atoms with van der Waals surface area (Å²) in [7, 11) is 0. The molecule has 4 nitrogen and oxygen atoms in total. The minimum Gasteiger partial charge on any atom is -0.491 e. The first-order valence-electron chi connectivity index (χ1n) is 6.02. The van der Waals surface area contributed by atoms with Crippen LogP contribution in [0.3, 0.4) is 0 Å². The van der Waals surface area contributed by atoms with Crippen LogP contribution in [0.25, 0.3) is 0 Å². The number of benzene rings is 1. The molecule has 1 aliphatic heterocycles. The zero-order valence-electron chi connectivity index (χ0n) is 10.5. The third-order valence-corrected chi connectivity index (χ3v) is 3.04. The summed E-state index contributed by atoms with van der Waals surface area (Å²) in [4.78, 5) is 8.57. The summed E-state index contributed by atoms with van der Waals surface area (Å²) in [5.41, 5.74) is 3.37. The van der Waals surface area contributed by atoms with E-state index in [9.17, 15) is 0 Å². The van der Waals surface area contributed by atoms with Crippen LogP contribution in [0.1, 0.15) is 22.9 Å². The second kappa shape index (κ2) is 4.29. The van der Waals surface area contributed by atoms with Gasteiger partial charge in [0.1, 0.15) is 12.4 Å². The molecule has 3 rings (SSSR count). The van der Waals surface area contributed by atoms with Crippen molar-refractivity contribution in [1.29, 1.82) is 0 Å². The Labute approximate surface area is 106 Å². The van der Waals surface area contributed by atoms with Crippen LogP contribution < -0.4 is 10.1 Å². The van der Waals surface area contributed by atoms with E-state index in [-0.39, 0.29) is 6.04 Å². The van der Waals surface area contributed by atoms with E-state index >= 15 is 0 Å². The first kappa shape index (κ1) is 11.0. The number of hydrogen-bond acceptors (Lipinski definition) is 4. The number of ether oxygens (including phenoxy) is 1. The van der Waals surface area contributed by atoms with E-state index in [0.717, 1.165) is 11.4 Å². The van der Waals surface area contributed by atoms with Crippen molar-refractivity contribution >= 4 is 5.95 Å². The molecule has 0 amide bonds. The van der Waals surface area contributed by atoms with Gasteiger partial charge >= 0.3 is 0 Å². The SMILES string of the molecule is Cc1ccc2c(c1)C(Nc1nccc(C)n1)CO2. The predicted molar refractivity (Wildman–Crippen MR) is 69.8 cm³/mol. The van der Waals surface area contributed by atoms with Crippen LogP contribution in [0.15, 0.2) is 30.5 Å². The smallest absolute Gasteiger partial charge is 0.223 e. The van der Waals surface area contributed by atoms with Crippen molar-refractivity contribution in [1.82, 2.24) is 9.97 Å². The molecule has 1 aliphatic rings. The summed E-state index contributed by atoms with van der Waals surface area (Å²) < 4.78 is 5.65. The second-order valence-corrected chi connectivity index (χ2v) is 4.57. The van der Waals surface area contributed by atoms with E-state index in [4.69, 9.17) is 4.74 Å². The first-order chi connectivity index (χ1) is 8.72. The third kappa shape index (κ3) is 2.01. The van der Waals surface area contributed by atoms with Crippen molar-refractivity contribution in [2.75, 3.05) is 11.9 Å². The predicted octanol–water partition coefficient (Wildman–Crippen LogP) is 2.64. The molecule has 0 aliphatic carbocycles. The number of hydrogen-bond donors (Lipinski definition) is 1. The Morgan fingerprint density at radius 3 is 3.00 bits per heavy atom. The van der Waals surface area contributed by atoms with E-state index in [0.29, 0.717) is 12.6 Å². The van der Waals surface area contributed by atoms with Crippen molar-refractivity contribution < 1.29 is 4.74 Å². The van der Waals surface area contributed by atoms with Gasteiger partial charge in [0, 0.05) is 17.5 Å². The molecule has 0 bridgehead atoms. The quantitative estimate of drug-likeness (QED) is 0.878. The monoisotopic (exact) mass is 241 g/mol. The largest absolute Gasteiger partial charge is 0.491 e. The highest BCUT2D eigenvalue weighted by Crippen LogP contribution is 2.34. The van der Waals surface area contributed by atoms with Gasteiger partial charge < -0.3 is 10.1 Å². The lowest BCUT2D eigenvalue weighted by molar-refractivity contribution is 0.339. The summed E-state index contributed by atoms with van der Waals surface area (Å²) in [6.45, 7) is 4.66. The minimum absolute atomic E-state index is 0.127. The van der Waals surface area contributed by atoms with Gasteiger partial charge in [-0.3, -0.25) is 0 Å². The molecule has 0 fully saturated rings. The summed E-state index contributed by atoms with van der Waals surface area (Å²) >= 11 is 0. The van der Waals surface area contributed by atoms with Crippen LogP contribution in [0.2, 0.25) is 0 Å². The van der Waals surface area contributed by atoms with Crippen molar-refractivity contribution in [3.8, 4) is 5.75 Å². The minimum atomic E-state index is 0.127. The Morgan fingerprint density at radius 2 is 2.17 bits per heavy atom. The Kier molecular flexibility index (Phi) is 2.63. The molecule has 1 aromatic heterocycles. The first-order valence-corrected chi connectivity index (χ1v) is 6.02. The summed E-state index contributed by atoms with van der Waals surface area (Å²) in [6.07, 6.45) is 1.76. The lowest BCUT2D eigenvalue weighted by Gasteiger charge is -2.11. The van der Waals surface area contributed by atoms with Crippen LogP contribution >= 0.6 is 0 Å². The van der Waals surface area contributed by atoms with E-state index in [1.54, 1.807) is 6.20 Å². The standard InChI is InChI=1S/C14H15N3O/c1-9-3-4-13-11(7-9)12(8-18-13)17-14-15-6-5-10(2)16-14/h3-7,12H,8H2,1-2H3,(H,15,16,17). The zero-order valence-corrected chi connectivity index (χ0v) is 10.5. The number of aromatic nitrogens is 2. The number of nitrogens with zero attached hydrogens (tertiary/aromatic N) is 2. The number of rotatable bonds is 2. The second-order valence-electron chi connectivity index (χ2n) is 4.57. The normalized spacial score (nSPS) is 17.1. The molecular weight excluding hydrogens is 226 g/mol. The molecule has 0 saturated heterocycles. The van der Waals surface area contributed by atoms with Gasteiger partial charge in [-0.2, -0.15) is 0 Å². The van der Waals surface area contributed by atoms with Crippen molar-refractivity contribution in [3.63, 3.8) is 0 Å². The average molecular weight is 241 g/mol. The molecule has 2 aromatic rings. The lowest BCUT2D eigenvalue weighted by Crippen LogP contribution is -2.14. The van der Waals surface area contributed by atoms with Crippen LogP contribution in [0.5, 0.6) is 5.75 Å². The fourth-order valence-corrected chi connectivity index (χ4v) is 2.13. The van der Waals surface area contributed by atoms with Crippen LogP contribution in [-0.4, -0.2) is 16.6 Å². The fraction of sp³-hybridized carbons (Fsp3) is 0.286. The maximum atomic E-state index is 5.65. The molecule has 18 heavy (non-hydrogen) atoms. The number of aryl methyl sites for hydroxylation is 2. The highest BCUT2D eigenvalue weighted by Gasteiger charge is 2.24. The van der Waals surface area contributed by atoms with Crippen LogP contribution in [-0.2, 0) is 0 Å². The van der Waals surface area contributed by atoms with Crippen molar-refractivity contribution in [3.05, 3.63) is 47.3 Å². The lowest BCUT2D eigenvalue weighted by atomic mass is 10.1. The molecule has 2 heterocycles. The van der Waals surface area contributed by atoms with Crippen molar-refractivity contribution in [2.24, 2.45) is 0 Å². The molecule has 1 atom stereocenters. The van der Waals surface area contributed by atoms with Gasteiger partial charge in [-0.1, -0.05) is 17.7 Å².